The Morgan fingerprint density at radius 1 is 0.920 bits per heavy atom. The van der Waals surface area contributed by atoms with Crippen molar-refractivity contribution in [3.63, 3.8) is 0 Å². The second-order valence-electron chi connectivity index (χ2n) is 7.07. The molecule has 2 N–H and O–H groups in total. The van der Waals surface area contributed by atoms with Crippen LogP contribution < -0.4 is 5.32 Å². The van der Waals surface area contributed by atoms with Gasteiger partial charge in [0.2, 0.25) is 0 Å². The molecular formula is C22H27N3. The molecule has 0 saturated carbocycles. The van der Waals surface area contributed by atoms with E-state index in [1.165, 1.54) is 60.1 Å². The highest BCUT2D eigenvalue weighted by Crippen LogP contribution is 2.19. The number of hydrogen-bond acceptors (Lipinski definition) is 2. The van der Waals surface area contributed by atoms with Crippen molar-refractivity contribution in [3.8, 4) is 0 Å². The number of nitrogens with one attached hydrogen (secondary N) is 2. The first-order valence-electron chi connectivity index (χ1n) is 9.49. The van der Waals surface area contributed by atoms with Crippen molar-refractivity contribution >= 4 is 16.6 Å². The molecule has 0 unspecified atom stereocenters. The number of nitrogens with zero attached hydrogens (tertiary/aromatic N) is 1. The van der Waals surface area contributed by atoms with E-state index in [0.29, 0.717) is 0 Å². The number of aromatic nitrogens is 1. The first-order chi connectivity index (χ1) is 12.4. The Balaban J connectivity index is 1.29. The molecule has 0 amide bonds. The fraction of sp³-hybridized carbons (Fsp3) is 0.364. The first kappa shape index (κ1) is 16.2. The van der Waals surface area contributed by atoms with E-state index in [9.17, 15) is 0 Å². The van der Waals surface area contributed by atoms with E-state index in [-0.39, 0.29) is 0 Å². The number of benzene rings is 2. The van der Waals surface area contributed by atoms with Gasteiger partial charge in [0, 0.05) is 35.9 Å². The summed E-state index contributed by atoms with van der Waals surface area (Å²) in [6.07, 6.45) is 7.27. The van der Waals surface area contributed by atoms with E-state index in [4.69, 9.17) is 0 Å². The van der Waals surface area contributed by atoms with Gasteiger partial charge in [0.1, 0.15) is 0 Å². The van der Waals surface area contributed by atoms with E-state index in [2.05, 4.69) is 69.9 Å². The predicted molar refractivity (Wildman–Crippen MR) is 106 cm³/mol. The molecule has 0 aliphatic carbocycles. The van der Waals surface area contributed by atoms with Crippen molar-refractivity contribution in [1.29, 1.82) is 0 Å². The molecule has 25 heavy (non-hydrogen) atoms. The van der Waals surface area contributed by atoms with E-state index >= 15 is 0 Å². The lowest BCUT2D eigenvalue weighted by Crippen LogP contribution is -2.29. The summed E-state index contributed by atoms with van der Waals surface area (Å²) < 4.78 is 0. The van der Waals surface area contributed by atoms with E-state index < -0.39 is 0 Å². The number of likely N-dealkylation sites (tertiary alicyclic amines) is 1. The lowest BCUT2D eigenvalue weighted by Gasteiger charge is -2.26. The zero-order valence-corrected chi connectivity index (χ0v) is 14.8. The van der Waals surface area contributed by atoms with E-state index in [1.54, 1.807) is 0 Å². The van der Waals surface area contributed by atoms with Gasteiger partial charge in [-0.3, -0.25) is 4.90 Å². The smallest absolute Gasteiger partial charge is 0.0456 e. The molecule has 3 nitrogen and oxygen atoms in total. The Morgan fingerprint density at radius 3 is 2.56 bits per heavy atom. The molecule has 130 valence electrons. The van der Waals surface area contributed by atoms with Crippen molar-refractivity contribution in [2.75, 3.05) is 25.0 Å². The Hall–Kier alpha value is -2.26. The van der Waals surface area contributed by atoms with Crippen molar-refractivity contribution < 1.29 is 0 Å². The van der Waals surface area contributed by atoms with E-state index in [1.807, 2.05) is 0 Å². The van der Waals surface area contributed by atoms with Crippen LogP contribution in [0.5, 0.6) is 0 Å². The molecule has 0 atom stereocenters. The third kappa shape index (κ3) is 4.05. The van der Waals surface area contributed by atoms with Gasteiger partial charge in [0.15, 0.2) is 0 Å². The summed E-state index contributed by atoms with van der Waals surface area (Å²) in [6.45, 7) is 4.55. The lowest BCUT2D eigenvalue weighted by molar-refractivity contribution is 0.221. The normalized spacial score (nSPS) is 15.5. The molecule has 4 rings (SSSR count). The summed E-state index contributed by atoms with van der Waals surface area (Å²) in [7, 11) is 0. The summed E-state index contributed by atoms with van der Waals surface area (Å²) >= 11 is 0. The molecule has 0 bridgehead atoms. The van der Waals surface area contributed by atoms with Gasteiger partial charge < -0.3 is 10.3 Å². The minimum absolute atomic E-state index is 0.952. The SMILES string of the molecule is c1ccc2c(CCNc3ccc(CN4CCCCC4)cc3)c[nH]c2c1. The van der Waals surface area contributed by atoms with Crippen molar-refractivity contribution in [2.24, 2.45) is 0 Å². The van der Waals surface area contributed by atoms with Crippen LogP contribution in [-0.2, 0) is 13.0 Å². The Bertz CT molecular complexity index is 798. The monoisotopic (exact) mass is 333 g/mol. The van der Waals surface area contributed by atoms with Crippen LogP contribution in [0.1, 0.15) is 30.4 Å². The number of aromatic amines is 1. The summed E-state index contributed by atoms with van der Waals surface area (Å²) in [5.74, 6) is 0. The fourth-order valence-electron chi connectivity index (χ4n) is 3.78. The third-order valence-corrected chi connectivity index (χ3v) is 5.21. The zero-order valence-electron chi connectivity index (χ0n) is 14.8. The molecule has 2 heterocycles. The molecule has 0 radical (unpaired) electrons. The Labute approximate surface area is 150 Å². The highest BCUT2D eigenvalue weighted by molar-refractivity contribution is 5.83. The maximum Gasteiger partial charge on any atom is 0.0456 e. The van der Waals surface area contributed by atoms with Gasteiger partial charge in [-0.25, -0.2) is 0 Å². The quantitative estimate of drug-likeness (QED) is 0.678. The molecule has 0 spiro atoms. The molecule has 3 heteroatoms. The van der Waals surface area contributed by atoms with Crippen LogP contribution in [-0.4, -0.2) is 29.5 Å². The predicted octanol–water partition coefficient (Wildman–Crippen LogP) is 4.81. The number of para-hydroxylation sites is 1. The summed E-state index contributed by atoms with van der Waals surface area (Å²) in [5, 5.41) is 4.89. The summed E-state index contributed by atoms with van der Waals surface area (Å²) in [5.41, 5.74) is 5.23. The van der Waals surface area contributed by atoms with Crippen molar-refractivity contribution in [2.45, 2.75) is 32.2 Å². The first-order valence-corrected chi connectivity index (χ1v) is 9.49. The van der Waals surface area contributed by atoms with Gasteiger partial charge in [-0.15, -0.1) is 0 Å². The van der Waals surface area contributed by atoms with Crippen molar-refractivity contribution in [1.82, 2.24) is 9.88 Å². The van der Waals surface area contributed by atoms with Gasteiger partial charge in [-0.1, -0.05) is 36.8 Å². The van der Waals surface area contributed by atoms with Crippen LogP contribution in [0.3, 0.4) is 0 Å². The van der Waals surface area contributed by atoms with Gasteiger partial charge in [-0.05, 0) is 61.7 Å². The highest BCUT2D eigenvalue weighted by atomic mass is 15.1. The second-order valence-corrected chi connectivity index (χ2v) is 7.07. The third-order valence-electron chi connectivity index (χ3n) is 5.21. The number of anilines is 1. The highest BCUT2D eigenvalue weighted by Gasteiger charge is 2.10. The van der Waals surface area contributed by atoms with Crippen LogP contribution in [0.4, 0.5) is 5.69 Å². The molecule has 2 aromatic carbocycles. The van der Waals surface area contributed by atoms with Gasteiger partial charge in [0.25, 0.3) is 0 Å². The van der Waals surface area contributed by atoms with Gasteiger partial charge >= 0.3 is 0 Å². The largest absolute Gasteiger partial charge is 0.385 e. The zero-order chi connectivity index (χ0) is 16.9. The topological polar surface area (TPSA) is 31.1 Å². The number of piperidine rings is 1. The standard InChI is InChI=1S/C22H27N3/c1-4-14-25(15-5-1)17-18-8-10-20(11-9-18)23-13-12-19-16-24-22-7-3-2-6-21(19)22/h2-3,6-11,16,23-24H,1,4-5,12-15,17H2. The number of hydrogen-bond donors (Lipinski definition) is 2. The minimum Gasteiger partial charge on any atom is -0.385 e. The van der Waals surface area contributed by atoms with E-state index in [0.717, 1.165) is 19.5 Å². The maximum absolute atomic E-state index is 3.55. The molecule has 3 aromatic rings. The van der Waals surface area contributed by atoms with Crippen LogP contribution in [0.25, 0.3) is 10.9 Å². The molecule has 1 aromatic heterocycles. The van der Waals surface area contributed by atoms with Crippen LogP contribution in [0.2, 0.25) is 0 Å². The van der Waals surface area contributed by atoms with Crippen molar-refractivity contribution in [3.05, 3.63) is 65.9 Å². The average Bonchev–Trinajstić information content (AvgIpc) is 3.07. The molecule has 1 fully saturated rings. The van der Waals surface area contributed by atoms with Gasteiger partial charge in [-0.2, -0.15) is 0 Å². The number of H-pyrrole nitrogens is 1. The fourth-order valence-corrected chi connectivity index (χ4v) is 3.78. The molecule has 1 aliphatic rings. The average molecular weight is 333 g/mol. The molecule has 1 aliphatic heterocycles. The maximum atomic E-state index is 3.55. The lowest BCUT2D eigenvalue weighted by atomic mass is 10.1. The number of fused-ring (bicyclic) bond motifs is 1. The molecular weight excluding hydrogens is 306 g/mol. The van der Waals surface area contributed by atoms with Gasteiger partial charge in [0.05, 0.1) is 0 Å². The number of rotatable bonds is 6. The Kier molecular flexibility index (Phi) is 5.03. The second kappa shape index (κ2) is 7.75. The summed E-state index contributed by atoms with van der Waals surface area (Å²) in [4.78, 5) is 5.92. The minimum atomic E-state index is 0.952. The van der Waals surface area contributed by atoms with Crippen LogP contribution >= 0.6 is 0 Å². The molecule has 1 saturated heterocycles. The van der Waals surface area contributed by atoms with Crippen LogP contribution in [0.15, 0.2) is 54.7 Å². The van der Waals surface area contributed by atoms with Crippen LogP contribution in [0, 0.1) is 0 Å². The summed E-state index contributed by atoms with van der Waals surface area (Å²) in [6, 6.07) is 17.5. The Morgan fingerprint density at radius 2 is 1.72 bits per heavy atom.